The molecule has 0 aromatic heterocycles. The lowest BCUT2D eigenvalue weighted by molar-refractivity contribution is 0.0765. The number of benzene rings is 2. The van der Waals surface area contributed by atoms with Gasteiger partial charge in [0.15, 0.2) is 0 Å². The number of hydrogen-bond donors (Lipinski definition) is 2. The fraction of sp³-hybridized carbons (Fsp3) is 0.286. The summed E-state index contributed by atoms with van der Waals surface area (Å²) in [6.45, 7) is 2.18. The Morgan fingerprint density at radius 1 is 1.17 bits per heavy atom. The van der Waals surface area contributed by atoms with Gasteiger partial charge in [-0.25, -0.2) is 0 Å². The molecular weight excluding hydrogens is 250 g/mol. The standard InChI is InChI=1S/C14H15NO2.ClH/c16-13-6-5-10-3-1-2-4-11(10)14(13)12-9-17-8-7-15-12;/h1-6,12,15-16H,7-9H2;1H/t12-;/m1./s1. The van der Waals surface area contributed by atoms with E-state index in [0.29, 0.717) is 12.4 Å². The van der Waals surface area contributed by atoms with E-state index in [0.717, 1.165) is 29.5 Å². The summed E-state index contributed by atoms with van der Waals surface area (Å²) in [4.78, 5) is 0. The number of fused-ring (bicyclic) bond motifs is 1. The lowest BCUT2D eigenvalue weighted by Gasteiger charge is -2.26. The topological polar surface area (TPSA) is 41.5 Å². The number of morpholine rings is 1. The van der Waals surface area contributed by atoms with Gasteiger partial charge in [0.05, 0.1) is 19.3 Å². The van der Waals surface area contributed by atoms with Gasteiger partial charge >= 0.3 is 0 Å². The highest BCUT2D eigenvalue weighted by molar-refractivity contribution is 5.88. The van der Waals surface area contributed by atoms with Crippen LogP contribution in [-0.4, -0.2) is 24.9 Å². The molecule has 3 rings (SSSR count). The molecule has 96 valence electrons. The van der Waals surface area contributed by atoms with Crippen molar-refractivity contribution in [3.63, 3.8) is 0 Å². The van der Waals surface area contributed by atoms with Gasteiger partial charge in [-0.15, -0.1) is 12.4 Å². The molecule has 1 aliphatic rings. The molecule has 1 aliphatic heterocycles. The molecule has 1 atom stereocenters. The van der Waals surface area contributed by atoms with Crippen LogP contribution in [0.2, 0.25) is 0 Å². The summed E-state index contributed by atoms with van der Waals surface area (Å²) >= 11 is 0. The van der Waals surface area contributed by atoms with E-state index in [1.54, 1.807) is 6.07 Å². The largest absolute Gasteiger partial charge is 0.508 e. The summed E-state index contributed by atoms with van der Waals surface area (Å²) in [5.41, 5.74) is 0.947. The molecule has 0 radical (unpaired) electrons. The molecule has 2 N–H and O–H groups in total. The smallest absolute Gasteiger partial charge is 0.121 e. The summed E-state index contributed by atoms with van der Waals surface area (Å²) in [6.07, 6.45) is 0. The third-order valence-corrected chi connectivity index (χ3v) is 3.22. The average molecular weight is 266 g/mol. The molecule has 0 bridgehead atoms. The van der Waals surface area contributed by atoms with Crippen molar-refractivity contribution in [1.29, 1.82) is 0 Å². The lowest BCUT2D eigenvalue weighted by atomic mass is 9.97. The van der Waals surface area contributed by atoms with Crippen molar-refractivity contribution in [2.45, 2.75) is 6.04 Å². The van der Waals surface area contributed by atoms with E-state index in [9.17, 15) is 5.11 Å². The van der Waals surface area contributed by atoms with Crippen LogP contribution in [0, 0.1) is 0 Å². The fourth-order valence-electron chi connectivity index (χ4n) is 2.40. The first-order valence-corrected chi connectivity index (χ1v) is 5.88. The minimum absolute atomic E-state index is 0. The van der Waals surface area contributed by atoms with E-state index in [1.165, 1.54) is 0 Å². The third kappa shape index (κ3) is 2.29. The van der Waals surface area contributed by atoms with E-state index in [4.69, 9.17) is 4.74 Å². The number of nitrogens with one attached hydrogen (secondary N) is 1. The first-order chi connectivity index (χ1) is 8.36. The van der Waals surface area contributed by atoms with Gasteiger partial charge in [0, 0.05) is 12.1 Å². The van der Waals surface area contributed by atoms with Crippen LogP contribution in [0.15, 0.2) is 36.4 Å². The van der Waals surface area contributed by atoms with Crippen molar-refractivity contribution < 1.29 is 9.84 Å². The summed E-state index contributed by atoms with van der Waals surface area (Å²) < 4.78 is 5.47. The highest BCUT2D eigenvalue weighted by atomic mass is 35.5. The zero-order valence-electron chi connectivity index (χ0n) is 9.93. The SMILES string of the molecule is Cl.Oc1ccc2ccccc2c1[C@H]1COCCN1. The molecule has 0 unspecified atom stereocenters. The van der Waals surface area contributed by atoms with Gasteiger partial charge in [0.1, 0.15) is 5.75 Å². The molecule has 2 aromatic carbocycles. The van der Waals surface area contributed by atoms with Gasteiger partial charge < -0.3 is 15.2 Å². The maximum Gasteiger partial charge on any atom is 0.121 e. The maximum absolute atomic E-state index is 10.1. The van der Waals surface area contributed by atoms with Gasteiger partial charge in [-0.3, -0.25) is 0 Å². The molecule has 0 amide bonds. The molecule has 2 aromatic rings. The minimum atomic E-state index is 0. The zero-order valence-corrected chi connectivity index (χ0v) is 10.7. The molecule has 0 spiro atoms. The zero-order chi connectivity index (χ0) is 11.7. The van der Waals surface area contributed by atoms with Gasteiger partial charge in [0.2, 0.25) is 0 Å². The van der Waals surface area contributed by atoms with E-state index >= 15 is 0 Å². The van der Waals surface area contributed by atoms with Crippen LogP contribution in [-0.2, 0) is 4.74 Å². The van der Waals surface area contributed by atoms with Crippen LogP contribution in [0.1, 0.15) is 11.6 Å². The highest BCUT2D eigenvalue weighted by Gasteiger charge is 2.20. The number of halogens is 1. The van der Waals surface area contributed by atoms with Crippen LogP contribution >= 0.6 is 12.4 Å². The van der Waals surface area contributed by atoms with E-state index < -0.39 is 0 Å². The van der Waals surface area contributed by atoms with Crippen molar-refractivity contribution in [1.82, 2.24) is 5.32 Å². The normalized spacial score (nSPS) is 19.4. The van der Waals surface area contributed by atoms with Crippen LogP contribution in [0.25, 0.3) is 10.8 Å². The number of phenols is 1. The average Bonchev–Trinajstić information content (AvgIpc) is 2.39. The number of phenolic OH excluding ortho intramolecular Hbond substituents is 1. The molecule has 1 heterocycles. The van der Waals surface area contributed by atoms with Gasteiger partial charge in [-0.2, -0.15) is 0 Å². The van der Waals surface area contributed by atoms with Crippen LogP contribution in [0.4, 0.5) is 0 Å². The van der Waals surface area contributed by atoms with E-state index in [1.807, 2.05) is 24.3 Å². The van der Waals surface area contributed by atoms with Crippen LogP contribution < -0.4 is 5.32 Å². The Labute approximate surface area is 112 Å². The molecule has 18 heavy (non-hydrogen) atoms. The Kier molecular flexibility index (Phi) is 4.07. The predicted octanol–water partition coefficient (Wildman–Crippen LogP) is 2.63. The Morgan fingerprint density at radius 3 is 2.78 bits per heavy atom. The molecule has 1 fully saturated rings. The first kappa shape index (κ1) is 13.1. The summed E-state index contributed by atoms with van der Waals surface area (Å²) in [5.74, 6) is 0.340. The minimum Gasteiger partial charge on any atom is -0.508 e. The lowest BCUT2D eigenvalue weighted by Crippen LogP contribution is -2.34. The van der Waals surface area contributed by atoms with Gasteiger partial charge in [0.25, 0.3) is 0 Å². The van der Waals surface area contributed by atoms with Crippen molar-refractivity contribution >= 4 is 23.2 Å². The van der Waals surface area contributed by atoms with Crippen molar-refractivity contribution in [2.75, 3.05) is 19.8 Å². The molecule has 3 nitrogen and oxygen atoms in total. The number of rotatable bonds is 1. The van der Waals surface area contributed by atoms with Gasteiger partial charge in [-0.05, 0) is 16.8 Å². The molecule has 1 saturated heterocycles. The predicted molar refractivity (Wildman–Crippen MR) is 74.4 cm³/mol. The Bertz CT molecular complexity index is 538. The monoisotopic (exact) mass is 265 g/mol. The number of aromatic hydroxyl groups is 1. The Balaban J connectivity index is 0.00000120. The second-order valence-electron chi connectivity index (χ2n) is 4.30. The molecule has 0 saturated carbocycles. The second kappa shape index (κ2) is 5.57. The quantitative estimate of drug-likeness (QED) is 0.833. The summed E-state index contributed by atoms with van der Waals surface area (Å²) in [5, 5.41) is 15.7. The fourth-order valence-corrected chi connectivity index (χ4v) is 2.40. The third-order valence-electron chi connectivity index (χ3n) is 3.22. The highest BCUT2D eigenvalue weighted by Crippen LogP contribution is 2.33. The molecular formula is C14H16ClNO2. The van der Waals surface area contributed by atoms with Crippen LogP contribution in [0.5, 0.6) is 5.75 Å². The summed E-state index contributed by atoms with van der Waals surface area (Å²) in [7, 11) is 0. The van der Waals surface area contributed by atoms with E-state index in [2.05, 4.69) is 11.4 Å². The Hall–Kier alpha value is -1.29. The van der Waals surface area contributed by atoms with E-state index in [-0.39, 0.29) is 18.4 Å². The Morgan fingerprint density at radius 2 is 2.00 bits per heavy atom. The number of hydrogen-bond acceptors (Lipinski definition) is 3. The number of ether oxygens (including phenoxy) is 1. The summed E-state index contributed by atoms with van der Waals surface area (Å²) in [6, 6.07) is 11.9. The first-order valence-electron chi connectivity index (χ1n) is 5.88. The molecule has 0 aliphatic carbocycles. The van der Waals surface area contributed by atoms with Crippen LogP contribution in [0.3, 0.4) is 0 Å². The van der Waals surface area contributed by atoms with Crippen molar-refractivity contribution in [2.24, 2.45) is 0 Å². The van der Waals surface area contributed by atoms with Crippen molar-refractivity contribution in [3.8, 4) is 5.75 Å². The maximum atomic E-state index is 10.1. The van der Waals surface area contributed by atoms with Crippen molar-refractivity contribution in [3.05, 3.63) is 42.0 Å². The molecule has 4 heteroatoms. The second-order valence-corrected chi connectivity index (χ2v) is 4.30. The van der Waals surface area contributed by atoms with Gasteiger partial charge in [-0.1, -0.05) is 30.3 Å².